The van der Waals surface area contributed by atoms with Crippen LogP contribution in [0.1, 0.15) is 30.7 Å². The summed E-state index contributed by atoms with van der Waals surface area (Å²) >= 11 is 8.72. The van der Waals surface area contributed by atoms with Gasteiger partial charge in [0.15, 0.2) is 0 Å². The quantitative estimate of drug-likeness (QED) is 0.382. The predicted octanol–water partition coefficient (Wildman–Crippen LogP) is 6.54. The van der Waals surface area contributed by atoms with E-state index < -0.39 is 0 Å². The standard InChI is InChI=1S/C21H20ClIN2/c1-12-13(2)24-18-8-5-14(22)9-16(18)20(12)25-11-21(3,4)17-7-6-15(23)10-19(17)25/h5-10H,11H2,1-4H3. The molecule has 1 aliphatic rings. The second kappa shape index (κ2) is 5.85. The van der Waals surface area contributed by atoms with E-state index in [0.29, 0.717) is 0 Å². The molecule has 2 nitrogen and oxygen atoms in total. The molecule has 0 saturated heterocycles. The van der Waals surface area contributed by atoms with Crippen LogP contribution in [0.3, 0.4) is 0 Å². The lowest BCUT2D eigenvalue weighted by Gasteiger charge is -2.26. The number of fused-ring (bicyclic) bond motifs is 2. The first-order valence-electron chi connectivity index (χ1n) is 8.42. The molecule has 4 rings (SSSR count). The van der Waals surface area contributed by atoms with E-state index in [1.807, 2.05) is 18.2 Å². The summed E-state index contributed by atoms with van der Waals surface area (Å²) in [5, 5.41) is 1.87. The van der Waals surface area contributed by atoms with Crippen LogP contribution in [-0.2, 0) is 5.41 Å². The summed E-state index contributed by atoms with van der Waals surface area (Å²) in [6.07, 6.45) is 0. The Labute approximate surface area is 167 Å². The van der Waals surface area contributed by atoms with Crippen LogP contribution in [0.2, 0.25) is 5.02 Å². The highest BCUT2D eigenvalue weighted by Crippen LogP contribution is 2.47. The molecule has 2 aromatic carbocycles. The molecule has 1 aromatic heterocycles. The summed E-state index contributed by atoms with van der Waals surface area (Å²) in [5.74, 6) is 0. The lowest BCUT2D eigenvalue weighted by molar-refractivity contribution is 0.569. The minimum Gasteiger partial charge on any atom is -0.340 e. The lowest BCUT2D eigenvalue weighted by Crippen LogP contribution is -2.25. The van der Waals surface area contributed by atoms with Gasteiger partial charge in [-0.2, -0.15) is 0 Å². The predicted molar refractivity (Wildman–Crippen MR) is 115 cm³/mol. The van der Waals surface area contributed by atoms with E-state index in [0.717, 1.165) is 28.2 Å². The third-order valence-corrected chi connectivity index (χ3v) is 6.11. The molecular weight excluding hydrogens is 443 g/mol. The Bertz CT molecular complexity index is 1010. The topological polar surface area (TPSA) is 16.1 Å². The minimum atomic E-state index is 0.105. The van der Waals surface area contributed by atoms with Gasteiger partial charge in [0, 0.05) is 37.3 Å². The molecule has 0 fully saturated rings. The van der Waals surface area contributed by atoms with Crippen molar-refractivity contribution in [2.45, 2.75) is 33.1 Å². The van der Waals surface area contributed by atoms with Crippen LogP contribution in [0.25, 0.3) is 10.9 Å². The van der Waals surface area contributed by atoms with Crippen LogP contribution in [0.5, 0.6) is 0 Å². The summed E-state index contributed by atoms with van der Waals surface area (Å²) in [6, 6.07) is 12.7. The van der Waals surface area contributed by atoms with Gasteiger partial charge in [0.1, 0.15) is 0 Å². The summed E-state index contributed by atoms with van der Waals surface area (Å²) in [6.45, 7) is 9.84. The summed E-state index contributed by atoms with van der Waals surface area (Å²) in [7, 11) is 0. The second-order valence-electron chi connectivity index (χ2n) is 7.46. The van der Waals surface area contributed by atoms with Crippen LogP contribution in [0.15, 0.2) is 36.4 Å². The highest BCUT2D eigenvalue weighted by atomic mass is 127. The maximum absolute atomic E-state index is 6.32. The molecule has 0 aliphatic carbocycles. The zero-order valence-corrected chi connectivity index (χ0v) is 17.7. The van der Waals surface area contributed by atoms with Gasteiger partial charge in [-0.1, -0.05) is 31.5 Å². The largest absolute Gasteiger partial charge is 0.340 e. The first-order valence-corrected chi connectivity index (χ1v) is 9.87. The SMILES string of the molecule is Cc1nc2ccc(Cl)cc2c(N2CC(C)(C)c3ccc(I)cc32)c1C. The Hall–Kier alpha value is -1.33. The van der Waals surface area contributed by atoms with Crippen molar-refractivity contribution in [2.75, 3.05) is 11.4 Å². The van der Waals surface area contributed by atoms with E-state index in [1.165, 1.54) is 26.1 Å². The van der Waals surface area contributed by atoms with Gasteiger partial charge in [0.25, 0.3) is 0 Å². The van der Waals surface area contributed by atoms with E-state index in [1.54, 1.807) is 0 Å². The van der Waals surface area contributed by atoms with Crippen molar-refractivity contribution in [3.8, 4) is 0 Å². The second-order valence-corrected chi connectivity index (χ2v) is 9.15. The zero-order chi connectivity index (χ0) is 17.9. The van der Waals surface area contributed by atoms with Crippen LogP contribution in [0, 0.1) is 17.4 Å². The number of pyridine rings is 1. The van der Waals surface area contributed by atoms with Crippen LogP contribution < -0.4 is 4.90 Å². The molecule has 3 aromatic rings. The van der Waals surface area contributed by atoms with Crippen molar-refractivity contribution in [3.63, 3.8) is 0 Å². The van der Waals surface area contributed by atoms with Crippen LogP contribution in [0.4, 0.5) is 11.4 Å². The number of halogens is 2. The van der Waals surface area contributed by atoms with Gasteiger partial charge in [-0.25, -0.2) is 0 Å². The molecule has 0 saturated carbocycles. The van der Waals surface area contributed by atoms with Crippen molar-refractivity contribution in [1.29, 1.82) is 0 Å². The molecule has 25 heavy (non-hydrogen) atoms. The van der Waals surface area contributed by atoms with Crippen molar-refractivity contribution >= 4 is 56.5 Å². The Kier molecular flexibility index (Phi) is 4.00. The molecule has 0 radical (unpaired) electrons. The molecule has 2 heterocycles. The maximum Gasteiger partial charge on any atom is 0.0727 e. The van der Waals surface area contributed by atoms with Gasteiger partial charge in [-0.05, 0) is 77.9 Å². The van der Waals surface area contributed by atoms with Gasteiger partial charge >= 0.3 is 0 Å². The average molecular weight is 463 g/mol. The number of anilines is 2. The number of hydrogen-bond donors (Lipinski definition) is 0. The molecule has 0 atom stereocenters. The van der Waals surface area contributed by atoms with Crippen molar-refractivity contribution < 1.29 is 0 Å². The number of rotatable bonds is 1. The highest BCUT2D eigenvalue weighted by molar-refractivity contribution is 14.1. The number of aromatic nitrogens is 1. The zero-order valence-electron chi connectivity index (χ0n) is 14.8. The molecule has 128 valence electrons. The number of aryl methyl sites for hydroxylation is 1. The highest BCUT2D eigenvalue weighted by Gasteiger charge is 2.37. The summed E-state index contributed by atoms with van der Waals surface area (Å²) in [5.41, 5.74) is 7.33. The molecule has 0 N–H and O–H groups in total. The molecule has 1 aliphatic heterocycles. The summed E-state index contributed by atoms with van der Waals surface area (Å²) in [4.78, 5) is 7.23. The van der Waals surface area contributed by atoms with Crippen LogP contribution in [-0.4, -0.2) is 11.5 Å². The van der Waals surface area contributed by atoms with Crippen molar-refractivity contribution in [1.82, 2.24) is 4.98 Å². The van der Waals surface area contributed by atoms with E-state index in [2.05, 4.69) is 73.4 Å². The Morgan fingerprint density at radius 1 is 1.12 bits per heavy atom. The lowest BCUT2D eigenvalue weighted by atomic mass is 9.87. The third-order valence-electron chi connectivity index (χ3n) is 5.20. The van der Waals surface area contributed by atoms with E-state index in [4.69, 9.17) is 16.6 Å². The van der Waals surface area contributed by atoms with Gasteiger partial charge in [0.05, 0.1) is 11.2 Å². The fourth-order valence-electron chi connectivity index (χ4n) is 3.85. The van der Waals surface area contributed by atoms with E-state index >= 15 is 0 Å². The van der Waals surface area contributed by atoms with E-state index in [9.17, 15) is 0 Å². The molecule has 0 unspecified atom stereocenters. The van der Waals surface area contributed by atoms with Gasteiger partial charge in [-0.3, -0.25) is 4.98 Å². The fraction of sp³-hybridized carbons (Fsp3) is 0.286. The van der Waals surface area contributed by atoms with Gasteiger partial charge in [0.2, 0.25) is 0 Å². The Morgan fingerprint density at radius 3 is 2.64 bits per heavy atom. The van der Waals surface area contributed by atoms with Gasteiger partial charge < -0.3 is 4.90 Å². The monoisotopic (exact) mass is 462 g/mol. The summed E-state index contributed by atoms with van der Waals surface area (Å²) < 4.78 is 1.25. The first-order chi connectivity index (χ1) is 11.8. The molecule has 0 bridgehead atoms. The third kappa shape index (κ3) is 2.72. The van der Waals surface area contributed by atoms with E-state index in [-0.39, 0.29) is 5.41 Å². The molecule has 0 spiro atoms. The average Bonchev–Trinajstić information content (AvgIpc) is 2.80. The van der Waals surface area contributed by atoms with Crippen molar-refractivity contribution in [3.05, 3.63) is 61.8 Å². The van der Waals surface area contributed by atoms with Crippen LogP contribution >= 0.6 is 34.2 Å². The Balaban J connectivity index is 2.05. The number of nitrogens with zero attached hydrogens (tertiary/aromatic N) is 2. The minimum absolute atomic E-state index is 0.105. The molecular formula is C21H20ClIN2. The molecule has 0 amide bonds. The number of hydrogen-bond acceptors (Lipinski definition) is 2. The normalized spacial score (nSPS) is 15.7. The smallest absolute Gasteiger partial charge is 0.0727 e. The van der Waals surface area contributed by atoms with Gasteiger partial charge in [-0.15, -0.1) is 0 Å². The first kappa shape index (κ1) is 17.1. The molecule has 4 heteroatoms. The number of benzene rings is 2. The Morgan fingerprint density at radius 2 is 1.88 bits per heavy atom. The fourth-order valence-corrected chi connectivity index (χ4v) is 4.49. The van der Waals surface area contributed by atoms with Crippen molar-refractivity contribution in [2.24, 2.45) is 0 Å². The maximum atomic E-state index is 6.32.